The molecule has 0 saturated heterocycles. The van der Waals surface area contributed by atoms with Gasteiger partial charge < -0.3 is 20.6 Å². The van der Waals surface area contributed by atoms with E-state index in [1.54, 1.807) is 0 Å². The first-order valence-corrected chi connectivity index (χ1v) is 6.23. The normalized spacial score (nSPS) is 12.1. The number of allylic oxidation sites excluding steroid dienone is 2. The van der Waals surface area contributed by atoms with Gasteiger partial charge in [-0.3, -0.25) is 0 Å². The van der Waals surface area contributed by atoms with Crippen LogP contribution in [0.25, 0.3) is 30.0 Å². The van der Waals surface area contributed by atoms with Gasteiger partial charge in [0.05, 0.1) is 0 Å². The van der Waals surface area contributed by atoms with E-state index in [1.165, 1.54) is 27.1 Å². The minimum absolute atomic E-state index is 0. The van der Waals surface area contributed by atoms with Gasteiger partial charge in [0, 0.05) is 0 Å². The Bertz CT molecular complexity index is 643. The molecule has 2 aliphatic rings. The molecule has 2 aliphatic carbocycles. The number of hydrogen-bond acceptors (Lipinski definition) is 0. The molecule has 0 fully saturated rings. The molecule has 0 amide bonds. The van der Waals surface area contributed by atoms with Gasteiger partial charge in [-0.05, 0) is 16.2 Å². The molecule has 0 spiro atoms. The number of nitrogens with one attached hydrogen (secondary N) is 1. The van der Waals surface area contributed by atoms with Crippen molar-refractivity contribution in [3.05, 3.63) is 65.9 Å². The fourth-order valence-corrected chi connectivity index (χ4v) is 1.90. The van der Waals surface area contributed by atoms with E-state index in [9.17, 15) is 0 Å². The largest absolute Gasteiger partial charge is 4.00 e. The number of rotatable bonds is 0. The minimum Gasteiger partial charge on any atom is -0.673 e. The maximum atomic E-state index is 6.94. The van der Waals surface area contributed by atoms with E-state index in [-0.39, 0.29) is 53.1 Å². The first-order chi connectivity index (χ1) is 8.33. The van der Waals surface area contributed by atoms with Crippen molar-refractivity contribution in [2.45, 2.75) is 33.2 Å². The summed E-state index contributed by atoms with van der Waals surface area (Å²) in [5.41, 5.74) is 10.5. The number of hydrogen-bond donors (Lipinski definition) is 0. The van der Waals surface area contributed by atoms with Gasteiger partial charge in [0.15, 0.2) is 0 Å². The SMILES string of the molecule is CC(C)(C)[NH-].CC1=Cc2cc3c(cc2=[C-]1)C=CC=3.[CH3-].[CH3-].[SiH4].[Ti+4]. The molecule has 0 unspecified atom stereocenters. The van der Waals surface area contributed by atoms with Crippen LogP contribution in [0.3, 0.4) is 0 Å². The van der Waals surface area contributed by atoms with Crippen molar-refractivity contribution in [1.29, 1.82) is 0 Å². The third-order valence-corrected chi connectivity index (χ3v) is 2.51. The molecule has 118 valence electrons. The van der Waals surface area contributed by atoms with Gasteiger partial charge >= 0.3 is 21.7 Å². The third kappa shape index (κ3) is 7.55. The number of benzene rings is 1. The Labute approximate surface area is 156 Å². The maximum Gasteiger partial charge on any atom is 4.00 e. The molecule has 3 heteroatoms. The summed E-state index contributed by atoms with van der Waals surface area (Å²) in [6.07, 6.45) is 11.9. The zero-order valence-corrected chi connectivity index (χ0v) is 15.5. The minimum atomic E-state index is -0.250. The summed E-state index contributed by atoms with van der Waals surface area (Å²) in [5, 5.41) is 2.56. The van der Waals surface area contributed by atoms with Crippen LogP contribution in [0.4, 0.5) is 0 Å². The summed E-state index contributed by atoms with van der Waals surface area (Å²) < 4.78 is 0. The van der Waals surface area contributed by atoms with E-state index in [1.807, 2.05) is 20.8 Å². The molecule has 0 radical (unpaired) electrons. The second kappa shape index (κ2) is 10.2. The molecular weight excluding hydrogens is 318 g/mol. The van der Waals surface area contributed by atoms with Gasteiger partial charge in [0.25, 0.3) is 0 Å². The van der Waals surface area contributed by atoms with Crippen LogP contribution in [0, 0.1) is 14.9 Å². The third-order valence-electron chi connectivity index (χ3n) is 2.51. The van der Waals surface area contributed by atoms with E-state index in [0.29, 0.717) is 0 Å². The molecule has 0 saturated carbocycles. The smallest absolute Gasteiger partial charge is 0.673 e. The Morgan fingerprint density at radius 3 is 2.14 bits per heavy atom. The van der Waals surface area contributed by atoms with Crippen LogP contribution in [-0.2, 0) is 21.7 Å². The van der Waals surface area contributed by atoms with Gasteiger partial charge in [0.1, 0.15) is 0 Å². The molecule has 1 N–H and O–H groups in total. The second-order valence-electron chi connectivity index (χ2n) is 5.80. The van der Waals surface area contributed by atoms with Crippen LogP contribution in [0.2, 0.25) is 0 Å². The Kier molecular flexibility index (Phi) is 12.1. The number of fused-ring (bicyclic) bond motifs is 2. The van der Waals surface area contributed by atoms with Gasteiger partial charge in [-0.25, -0.2) is 0 Å². The van der Waals surface area contributed by atoms with Crippen molar-refractivity contribution in [1.82, 2.24) is 0 Å². The van der Waals surface area contributed by atoms with Crippen LogP contribution >= 0.6 is 0 Å². The first-order valence-electron chi connectivity index (χ1n) is 6.23. The van der Waals surface area contributed by atoms with Crippen molar-refractivity contribution in [2.24, 2.45) is 0 Å². The van der Waals surface area contributed by atoms with E-state index in [2.05, 4.69) is 49.4 Å². The molecule has 0 heterocycles. The van der Waals surface area contributed by atoms with E-state index in [4.69, 9.17) is 5.73 Å². The fourth-order valence-electron chi connectivity index (χ4n) is 1.90. The Hall–Kier alpha value is -0.669. The Balaban J connectivity index is -0.000000361. The van der Waals surface area contributed by atoms with Gasteiger partial charge in [-0.1, -0.05) is 57.6 Å². The average Bonchev–Trinajstić information content (AvgIpc) is 2.74. The topological polar surface area (TPSA) is 23.8 Å². The first kappa shape index (κ1) is 26.2. The van der Waals surface area contributed by atoms with Gasteiger partial charge in [0.2, 0.25) is 0 Å². The maximum absolute atomic E-state index is 6.94. The molecule has 0 aliphatic heterocycles. The second-order valence-corrected chi connectivity index (χ2v) is 5.80. The quantitative estimate of drug-likeness (QED) is 0.509. The van der Waals surface area contributed by atoms with Crippen LogP contribution in [-0.4, -0.2) is 16.5 Å². The standard InChI is InChI=1S/C13H9.C4H10N.2CH3.H4Si.Ti/c1-9-5-12-7-10-3-2-4-11(10)8-13(12)6-9;1-4(2,3)5;;;;/h2-5,7-8H,1H3;5H,1-3H3;2*1H3;1H4;/q4*-1;;+4. The predicted molar refractivity (Wildman–Crippen MR) is 104 cm³/mol. The molecule has 0 bridgehead atoms. The van der Waals surface area contributed by atoms with E-state index in [0.717, 1.165) is 0 Å². The summed E-state index contributed by atoms with van der Waals surface area (Å²) >= 11 is 0. The van der Waals surface area contributed by atoms with Crippen molar-refractivity contribution >= 4 is 35.3 Å². The van der Waals surface area contributed by atoms with Crippen molar-refractivity contribution in [3.8, 4) is 0 Å². The van der Waals surface area contributed by atoms with Gasteiger partial charge in [-0.2, -0.15) is 11.3 Å². The summed E-state index contributed by atoms with van der Waals surface area (Å²) in [6, 6.07) is 4.44. The van der Waals surface area contributed by atoms with Gasteiger partial charge in [-0.15, -0.1) is 28.8 Å². The van der Waals surface area contributed by atoms with Crippen LogP contribution in [0.5, 0.6) is 0 Å². The average molecular weight is 347 g/mol. The Morgan fingerprint density at radius 2 is 1.59 bits per heavy atom. The van der Waals surface area contributed by atoms with Crippen molar-refractivity contribution < 1.29 is 21.7 Å². The van der Waals surface area contributed by atoms with Crippen LogP contribution in [0.1, 0.15) is 38.8 Å². The van der Waals surface area contributed by atoms with Crippen LogP contribution in [0.15, 0.2) is 23.8 Å². The molecule has 0 aromatic heterocycles. The fraction of sp³-hybridized carbons (Fsp3) is 0.263. The monoisotopic (exact) mass is 347 g/mol. The van der Waals surface area contributed by atoms with Crippen LogP contribution < -0.4 is 10.4 Å². The van der Waals surface area contributed by atoms with E-state index < -0.39 is 0 Å². The molecule has 0 atom stereocenters. The Morgan fingerprint density at radius 1 is 1.05 bits per heavy atom. The zero-order chi connectivity index (χ0) is 13.3. The molecular formula is C19H29NSiTi. The zero-order valence-electron chi connectivity index (χ0n) is 14.0. The van der Waals surface area contributed by atoms with Crippen molar-refractivity contribution in [3.63, 3.8) is 0 Å². The molecule has 1 aromatic rings. The van der Waals surface area contributed by atoms with Crippen molar-refractivity contribution in [2.75, 3.05) is 0 Å². The molecule has 1 nitrogen and oxygen atoms in total. The summed E-state index contributed by atoms with van der Waals surface area (Å²) in [6.45, 7) is 7.65. The summed E-state index contributed by atoms with van der Waals surface area (Å²) in [5.74, 6) is 0. The molecule has 1 aromatic carbocycles. The summed E-state index contributed by atoms with van der Waals surface area (Å²) in [7, 11) is 0. The molecule has 3 rings (SSSR count). The predicted octanol–water partition coefficient (Wildman–Crippen LogP) is 2.85. The summed E-state index contributed by atoms with van der Waals surface area (Å²) in [4.78, 5) is 0. The molecule has 22 heavy (non-hydrogen) atoms. The van der Waals surface area contributed by atoms with E-state index >= 15 is 0 Å².